The largest absolute Gasteiger partial charge is 0.492 e. The topological polar surface area (TPSA) is 34.1 Å². The number of aromatic nitrogens is 1. The van der Waals surface area contributed by atoms with Crippen LogP contribution in [0.25, 0.3) is 0 Å². The van der Waals surface area contributed by atoms with Crippen molar-refractivity contribution in [2.45, 2.75) is 19.8 Å². The van der Waals surface area contributed by atoms with E-state index in [0.717, 1.165) is 18.1 Å². The van der Waals surface area contributed by atoms with E-state index in [9.17, 15) is 0 Å². The van der Waals surface area contributed by atoms with Crippen LogP contribution in [0.1, 0.15) is 25.3 Å². The van der Waals surface area contributed by atoms with Crippen LogP contribution in [0.3, 0.4) is 0 Å². The molecule has 100 valence electrons. The molecule has 0 saturated heterocycles. The predicted molar refractivity (Wildman–Crippen MR) is 78.8 cm³/mol. The molecule has 1 aromatic carbocycles. The second-order valence-corrected chi connectivity index (χ2v) is 4.72. The van der Waals surface area contributed by atoms with E-state index in [0.29, 0.717) is 12.5 Å². The van der Waals surface area contributed by atoms with Crippen LogP contribution in [0.2, 0.25) is 0 Å². The van der Waals surface area contributed by atoms with Gasteiger partial charge < -0.3 is 10.1 Å². The third-order valence-electron chi connectivity index (χ3n) is 2.87. The molecule has 0 fully saturated rings. The van der Waals surface area contributed by atoms with Crippen LogP contribution in [0, 0.1) is 0 Å². The van der Waals surface area contributed by atoms with Gasteiger partial charge in [-0.2, -0.15) is 0 Å². The molecular weight excluding hydrogens is 236 g/mol. The molecule has 1 N–H and O–H groups in total. The Morgan fingerprint density at radius 3 is 2.79 bits per heavy atom. The molecule has 19 heavy (non-hydrogen) atoms. The number of hydrogen-bond donors (Lipinski definition) is 1. The molecule has 1 heterocycles. The molecule has 0 amide bonds. The van der Waals surface area contributed by atoms with E-state index in [1.807, 2.05) is 30.3 Å². The smallest absolute Gasteiger partial charge is 0.125 e. The fourth-order valence-corrected chi connectivity index (χ4v) is 1.78. The Morgan fingerprint density at radius 2 is 2.05 bits per heavy atom. The lowest BCUT2D eigenvalue weighted by Gasteiger charge is -2.10. The molecule has 0 spiro atoms. The Balaban J connectivity index is 1.78. The molecule has 2 rings (SSSR count). The predicted octanol–water partition coefficient (Wildman–Crippen LogP) is 3.70. The first-order chi connectivity index (χ1) is 9.25. The minimum Gasteiger partial charge on any atom is -0.492 e. The summed E-state index contributed by atoms with van der Waals surface area (Å²) in [4.78, 5) is 4.19. The summed E-state index contributed by atoms with van der Waals surface area (Å²) in [6.07, 6.45) is 1.77. The molecule has 0 radical (unpaired) electrons. The first-order valence-corrected chi connectivity index (χ1v) is 6.63. The molecule has 3 heteroatoms. The van der Waals surface area contributed by atoms with E-state index in [1.165, 1.54) is 5.56 Å². The highest BCUT2D eigenvalue weighted by Gasteiger charge is 2.00. The third kappa shape index (κ3) is 4.28. The second kappa shape index (κ2) is 6.78. The number of nitrogens with one attached hydrogen (secondary N) is 1. The molecule has 0 aliphatic rings. The molecule has 0 unspecified atom stereocenters. The summed E-state index contributed by atoms with van der Waals surface area (Å²) in [7, 11) is 0. The normalized spacial score (nSPS) is 10.5. The van der Waals surface area contributed by atoms with Gasteiger partial charge in [0.05, 0.1) is 6.54 Å². The fraction of sp³-hybridized carbons (Fsp3) is 0.312. The maximum atomic E-state index is 5.73. The van der Waals surface area contributed by atoms with Crippen LogP contribution < -0.4 is 10.1 Å². The molecular formula is C16H20N2O. The zero-order valence-electron chi connectivity index (χ0n) is 11.5. The highest BCUT2D eigenvalue weighted by atomic mass is 16.5. The van der Waals surface area contributed by atoms with Crippen molar-refractivity contribution in [3.63, 3.8) is 0 Å². The number of nitrogens with zero attached hydrogens (tertiary/aromatic N) is 1. The van der Waals surface area contributed by atoms with Gasteiger partial charge in [-0.15, -0.1) is 0 Å². The minimum atomic E-state index is 0.523. The summed E-state index contributed by atoms with van der Waals surface area (Å²) < 4.78 is 5.73. The maximum absolute atomic E-state index is 5.73. The standard InChI is InChI=1S/C16H20N2O/c1-13(2)14-6-5-7-15(12-14)19-11-10-18-16-8-3-4-9-17-16/h3-9,12-13H,10-11H2,1-2H3,(H,17,18). The van der Waals surface area contributed by atoms with Crippen molar-refractivity contribution in [2.75, 3.05) is 18.5 Å². The lowest BCUT2D eigenvalue weighted by Crippen LogP contribution is -2.12. The number of pyridine rings is 1. The molecule has 0 aliphatic carbocycles. The number of hydrogen-bond acceptors (Lipinski definition) is 3. The fourth-order valence-electron chi connectivity index (χ4n) is 1.78. The van der Waals surface area contributed by atoms with Crippen LogP contribution in [0.15, 0.2) is 48.7 Å². The van der Waals surface area contributed by atoms with Gasteiger partial charge in [0.15, 0.2) is 0 Å². The SMILES string of the molecule is CC(C)c1cccc(OCCNc2ccccn2)c1. The lowest BCUT2D eigenvalue weighted by molar-refractivity contribution is 0.332. The second-order valence-electron chi connectivity index (χ2n) is 4.72. The van der Waals surface area contributed by atoms with Gasteiger partial charge in [-0.05, 0) is 35.7 Å². The molecule has 0 bridgehead atoms. The molecule has 0 saturated carbocycles. The zero-order valence-corrected chi connectivity index (χ0v) is 11.5. The maximum Gasteiger partial charge on any atom is 0.125 e. The Labute approximate surface area is 114 Å². The molecule has 2 aromatic rings. The van der Waals surface area contributed by atoms with Crippen LogP contribution in [-0.4, -0.2) is 18.1 Å². The van der Waals surface area contributed by atoms with Crippen molar-refractivity contribution in [3.05, 3.63) is 54.2 Å². The molecule has 0 atom stereocenters. The highest BCUT2D eigenvalue weighted by Crippen LogP contribution is 2.19. The van der Waals surface area contributed by atoms with Gasteiger partial charge in [0.1, 0.15) is 18.2 Å². The van der Waals surface area contributed by atoms with Gasteiger partial charge >= 0.3 is 0 Å². The van der Waals surface area contributed by atoms with E-state index in [4.69, 9.17) is 4.74 Å². The first-order valence-electron chi connectivity index (χ1n) is 6.63. The van der Waals surface area contributed by atoms with Gasteiger partial charge in [0.25, 0.3) is 0 Å². The van der Waals surface area contributed by atoms with Crippen molar-refractivity contribution < 1.29 is 4.74 Å². The Kier molecular flexibility index (Phi) is 4.78. The first kappa shape index (κ1) is 13.4. The van der Waals surface area contributed by atoms with E-state index in [-0.39, 0.29) is 0 Å². The van der Waals surface area contributed by atoms with Crippen molar-refractivity contribution in [2.24, 2.45) is 0 Å². The van der Waals surface area contributed by atoms with Crippen molar-refractivity contribution in [1.29, 1.82) is 0 Å². The highest BCUT2D eigenvalue weighted by molar-refractivity contribution is 5.33. The number of anilines is 1. The average molecular weight is 256 g/mol. The summed E-state index contributed by atoms with van der Waals surface area (Å²) in [5.74, 6) is 2.33. The third-order valence-corrected chi connectivity index (χ3v) is 2.87. The Hall–Kier alpha value is -2.03. The average Bonchev–Trinajstić information content (AvgIpc) is 2.45. The van der Waals surface area contributed by atoms with E-state index in [2.05, 4.69) is 36.3 Å². The van der Waals surface area contributed by atoms with E-state index < -0.39 is 0 Å². The van der Waals surface area contributed by atoms with Gasteiger partial charge in [-0.25, -0.2) is 4.98 Å². The van der Waals surface area contributed by atoms with Crippen LogP contribution in [-0.2, 0) is 0 Å². The van der Waals surface area contributed by atoms with E-state index >= 15 is 0 Å². The lowest BCUT2D eigenvalue weighted by atomic mass is 10.0. The summed E-state index contributed by atoms with van der Waals surface area (Å²) in [5, 5.41) is 3.22. The van der Waals surface area contributed by atoms with Gasteiger partial charge in [0, 0.05) is 6.20 Å². The Bertz CT molecular complexity index is 497. The van der Waals surface area contributed by atoms with Gasteiger partial charge in [-0.1, -0.05) is 32.0 Å². The molecule has 3 nitrogen and oxygen atoms in total. The number of benzene rings is 1. The van der Waals surface area contributed by atoms with E-state index in [1.54, 1.807) is 6.20 Å². The molecule has 1 aromatic heterocycles. The quantitative estimate of drug-likeness (QED) is 0.800. The van der Waals surface area contributed by atoms with Gasteiger partial charge in [-0.3, -0.25) is 0 Å². The van der Waals surface area contributed by atoms with Crippen LogP contribution in [0.5, 0.6) is 5.75 Å². The van der Waals surface area contributed by atoms with Crippen molar-refractivity contribution >= 4 is 5.82 Å². The summed E-state index contributed by atoms with van der Waals surface area (Å²) in [5.41, 5.74) is 1.30. The Morgan fingerprint density at radius 1 is 1.16 bits per heavy atom. The minimum absolute atomic E-state index is 0.523. The zero-order chi connectivity index (χ0) is 13.5. The summed E-state index contributed by atoms with van der Waals surface area (Å²) in [6, 6.07) is 14.1. The molecule has 0 aliphatic heterocycles. The number of ether oxygens (including phenoxy) is 1. The number of rotatable bonds is 6. The van der Waals surface area contributed by atoms with Crippen LogP contribution in [0.4, 0.5) is 5.82 Å². The van der Waals surface area contributed by atoms with Gasteiger partial charge in [0.2, 0.25) is 0 Å². The van der Waals surface area contributed by atoms with Crippen molar-refractivity contribution in [1.82, 2.24) is 4.98 Å². The monoisotopic (exact) mass is 256 g/mol. The van der Waals surface area contributed by atoms with Crippen molar-refractivity contribution in [3.8, 4) is 5.75 Å². The summed E-state index contributed by atoms with van der Waals surface area (Å²) in [6.45, 7) is 5.73. The summed E-state index contributed by atoms with van der Waals surface area (Å²) >= 11 is 0. The van der Waals surface area contributed by atoms with Crippen LogP contribution >= 0.6 is 0 Å².